The zero-order valence-electron chi connectivity index (χ0n) is 9.49. The summed E-state index contributed by atoms with van der Waals surface area (Å²) >= 11 is 0. The number of hydrogen-bond acceptors (Lipinski definition) is 0. The van der Waals surface area contributed by atoms with Crippen LogP contribution >= 0.6 is 0 Å². The predicted octanol–water partition coefficient (Wildman–Crippen LogP) is 4.42. The molecular formula is C13H20. The van der Waals surface area contributed by atoms with E-state index in [1.165, 1.54) is 16.7 Å². The van der Waals surface area contributed by atoms with Crippen molar-refractivity contribution in [2.45, 2.75) is 34.6 Å². The molecule has 0 aliphatic carbocycles. The van der Waals surface area contributed by atoms with Crippen molar-refractivity contribution in [2.24, 2.45) is 0 Å². The molecule has 0 fully saturated rings. The monoisotopic (exact) mass is 176 g/mol. The minimum Gasteiger partial charge on any atom is -0.0961 e. The lowest BCUT2D eigenvalue weighted by molar-refractivity contribution is 1.22. The minimum absolute atomic E-state index is 1.07. The molecular weight excluding hydrogens is 156 g/mol. The smallest absolute Gasteiger partial charge is 0.0202 e. The summed E-state index contributed by atoms with van der Waals surface area (Å²) < 4.78 is 0. The van der Waals surface area contributed by atoms with Crippen LogP contribution in [0.15, 0.2) is 47.1 Å². The molecule has 0 N–H and O–H groups in total. The number of allylic oxidation sites excluding steroid dienone is 6. The summed E-state index contributed by atoms with van der Waals surface area (Å²) in [5.41, 5.74) is 6.01. The van der Waals surface area contributed by atoms with E-state index in [1.54, 1.807) is 0 Å². The standard InChI is InChI=1S/C13H20/c1-9(2)8-13(11(5)6)12(7)10(3)4/h8H,1,5H2,2-4,6-7H3/b13-8-. The quantitative estimate of drug-likeness (QED) is 0.558. The Kier molecular flexibility index (Phi) is 4.47. The molecule has 0 saturated carbocycles. The molecule has 0 nitrogen and oxygen atoms in total. The summed E-state index contributed by atoms with van der Waals surface area (Å²) in [4.78, 5) is 0. The van der Waals surface area contributed by atoms with Gasteiger partial charge in [-0.1, -0.05) is 36.0 Å². The second kappa shape index (κ2) is 4.86. The topological polar surface area (TPSA) is 0 Å². The lowest BCUT2D eigenvalue weighted by Gasteiger charge is -2.09. The fourth-order valence-electron chi connectivity index (χ4n) is 1.07. The van der Waals surface area contributed by atoms with Crippen LogP contribution in [0.3, 0.4) is 0 Å². The van der Waals surface area contributed by atoms with E-state index in [9.17, 15) is 0 Å². The van der Waals surface area contributed by atoms with E-state index in [1.807, 2.05) is 13.8 Å². The molecule has 0 aliphatic rings. The predicted molar refractivity (Wildman–Crippen MR) is 61.8 cm³/mol. The first-order valence-corrected chi connectivity index (χ1v) is 4.53. The summed E-state index contributed by atoms with van der Waals surface area (Å²) in [7, 11) is 0. The highest BCUT2D eigenvalue weighted by atomic mass is 14.1. The van der Waals surface area contributed by atoms with Crippen LogP contribution in [0.4, 0.5) is 0 Å². The van der Waals surface area contributed by atoms with Gasteiger partial charge in [-0.3, -0.25) is 0 Å². The first-order chi connectivity index (χ1) is 5.86. The number of rotatable bonds is 3. The normalized spacial score (nSPS) is 11.0. The molecule has 0 aromatic rings. The van der Waals surface area contributed by atoms with Crippen molar-refractivity contribution >= 4 is 0 Å². The van der Waals surface area contributed by atoms with Crippen molar-refractivity contribution < 1.29 is 0 Å². The van der Waals surface area contributed by atoms with Crippen LogP contribution in [-0.4, -0.2) is 0 Å². The van der Waals surface area contributed by atoms with Crippen LogP contribution in [0.1, 0.15) is 34.6 Å². The van der Waals surface area contributed by atoms with Gasteiger partial charge < -0.3 is 0 Å². The second-order valence-electron chi connectivity index (χ2n) is 3.81. The van der Waals surface area contributed by atoms with Gasteiger partial charge in [0.15, 0.2) is 0 Å². The molecule has 0 aliphatic heterocycles. The fourth-order valence-corrected chi connectivity index (χ4v) is 1.07. The van der Waals surface area contributed by atoms with E-state index < -0.39 is 0 Å². The van der Waals surface area contributed by atoms with Crippen molar-refractivity contribution in [3.05, 3.63) is 47.1 Å². The van der Waals surface area contributed by atoms with Crippen LogP contribution in [0, 0.1) is 0 Å². The van der Waals surface area contributed by atoms with Crippen LogP contribution in [0.5, 0.6) is 0 Å². The highest BCUT2D eigenvalue weighted by Gasteiger charge is 2.02. The summed E-state index contributed by atoms with van der Waals surface area (Å²) in [5.74, 6) is 0. The van der Waals surface area contributed by atoms with Gasteiger partial charge in [0, 0.05) is 0 Å². The summed E-state index contributed by atoms with van der Waals surface area (Å²) in [5, 5.41) is 0. The molecule has 0 spiro atoms. The SMILES string of the molecule is C=C(C)/C=C(/C(=C)C)C(C)=C(C)C. The maximum atomic E-state index is 3.97. The Balaban J connectivity index is 5.19. The average Bonchev–Trinajstić information content (AvgIpc) is 1.97. The third-order valence-electron chi connectivity index (χ3n) is 2.00. The van der Waals surface area contributed by atoms with Crippen molar-refractivity contribution in [2.75, 3.05) is 0 Å². The molecule has 0 saturated heterocycles. The van der Waals surface area contributed by atoms with Crippen molar-refractivity contribution in [1.29, 1.82) is 0 Å². The summed E-state index contributed by atoms with van der Waals surface area (Å²) in [6.07, 6.45) is 2.09. The van der Waals surface area contributed by atoms with Crippen LogP contribution in [0.2, 0.25) is 0 Å². The van der Waals surface area contributed by atoms with Gasteiger partial charge in [0.25, 0.3) is 0 Å². The molecule has 0 unspecified atom stereocenters. The van der Waals surface area contributed by atoms with Gasteiger partial charge in [0.05, 0.1) is 0 Å². The molecule has 0 aromatic carbocycles. The Morgan fingerprint density at radius 2 is 1.38 bits per heavy atom. The number of hydrogen-bond donors (Lipinski definition) is 0. The van der Waals surface area contributed by atoms with E-state index >= 15 is 0 Å². The van der Waals surface area contributed by atoms with Gasteiger partial charge in [-0.05, 0) is 45.8 Å². The Bertz CT molecular complexity index is 281. The van der Waals surface area contributed by atoms with E-state index in [0.717, 1.165) is 11.1 Å². The molecule has 0 rings (SSSR count). The Morgan fingerprint density at radius 3 is 1.62 bits per heavy atom. The molecule has 13 heavy (non-hydrogen) atoms. The van der Waals surface area contributed by atoms with Gasteiger partial charge in [-0.2, -0.15) is 0 Å². The Morgan fingerprint density at radius 1 is 0.923 bits per heavy atom. The molecule has 0 bridgehead atoms. The van der Waals surface area contributed by atoms with E-state index in [2.05, 4.69) is 40.0 Å². The minimum atomic E-state index is 1.07. The Hall–Kier alpha value is -1.04. The summed E-state index contributed by atoms with van der Waals surface area (Å²) in [6.45, 7) is 18.2. The molecule has 0 heterocycles. The maximum absolute atomic E-state index is 3.97. The van der Waals surface area contributed by atoms with Gasteiger partial charge in [0.1, 0.15) is 0 Å². The molecule has 0 atom stereocenters. The lowest BCUT2D eigenvalue weighted by atomic mass is 9.96. The van der Waals surface area contributed by atoms with Crippen LogP contribution in [0.25, 0.3) is 0 Å². The second-order valence-corrected chi connectivity index (χ2v) is 3.81. The highest BCUT2D eigenvalue weighted by molar-refractivity contribution is 5.47. The highest BCUT2D eigenvalue weighted by Crippen LogP contribution is 2.21. The van der Waals surface area contributed by atoms with E-state index in [-0.39, 0.29) is 0 Å². The fraction of sp³-hybridized carbons (Fsp3) is 0.385. The van der Waals surface area contributed by atoms with Gasteiger partial charge in [0.2, 0.25) is 0 Å². The third kappa shape index (κ3) is 3.93. The first-order valence-electron chi connectivity index (χ1n) is 4.53. The summed E-state index contributed by atoms with van der Waals surface area (Å²) in [6, 6.07) is 0. The zero-order valence-corrected chi connectivity index (χ0v) is 9.49. The largest absolute Gasteiger partial charge is 0.0961 e. The van der Waals surface area contributed by atoms with Crippen molar-refractivity contribution in [1.82, 2.24) is 0 Å². The van der Waals surface area contributed by atoms with Crippen LogP contribution in [-0.2, 0) is 0 Å². The van der Waals surface area contributed by atoms with Gasteiger partial charge in [-0.15, -0.1) is 0 Å². The maximum Gasteiger partial charge on any atom is -0.0202 e. The van der Waals surface area contributed by atoms with Crippen LogP contribution < -0.4 is 0 Å². The van der Waals surface area contributed by atoms with Crippen molar-refractivity contribution in [3.63, 3.8) is 0 Å². The first kappa shape index (κ1) is 12.0. The van der Waals surface area contributed by atoms with Gasteiger partial charge >= 0.3 is 0 Å². The van der Waals surface area contributed by atoms with Crippen molar-refractivity contribution in [3.8, 4) is 0 Å². The lowest BCUT2D eigenvalue weighted by Crippen LogP contribution is -1.90. The molecule has 0 aromatic heterocycles. The van der Waals surface area contributed by atoms with E-state index in [0.29, 0.717) is 0 Å². The van der Waals surface area contributed by atoms with Gasteiger partial charge in [-0.25, -0.2) is 0 Å². The zero-order chi connectivity index (χ0) is 10.6. The van der Waals surface area contributed by atoms with E-state index in [4.69, 9.17) is 0 Å². The molecule has 0 amide bonds. The Labute approximate surface area is 82.4 Å². The molecule has 0 heteroatoms. The third-order valence-corrected chi connectivity index (χ3v) is 2.00. The molecule has 0 radical (unpaired) electrons. The molecule has 72 valence electrons. The average molecular weight is 176 g/mol.